The molecule has 150 valence electrons. The first kappa shape index (κ1) is 20.9. The van der Waals surface area contributed by atoms with Gasteiger partial charge in [0.25, 0.3) is 0 Å². The van der Waals surface area contributed by atoms with Gasteiger partial charge in [-0.05, 0) is 45.7 Å². The molecule has 0 aromatic heterocycles. The van der Waals surface area contributed by atoms with E-state index in [1.165, 1.54) is 5.56 Å². The molecule has 2 N–H and O–H groups in total. The molecule has 1 saturated heterocycles. The third-order valence-corrected chi connectivity index (χ3v) is 4.50. The van der Waals surface area contributed by atoms with E-state index in [-0.39, 0.29) is 18.2 Å². The fraction of sp³-hybridized carbons (Fsp3) is 0.600. The molecule has 0 bridgehead atoms. The Kier molecular flexibility index (Phi) is 8.23. The van der Waals surface area contributed by atoms with Crippen LogP contribution in [0.3, 0.4) is 0 Å². The fourth-order valence-electron chi connectivity index (χ4n) is 2.94. The summed E-state index contributed by atoms with van der Waals surface area (Å²) in [7, 11) is 1.76. The Morgan fingerprint density at radius 1 is 1.30 bits per heavy atom. The monoisotopic (exact) mass is 376 g/mol. The molecule has 1 aromatic rings. The van der Waals surface area contributed by atoms with Gasteiger partial charge in [0.2, 0.25) is 0 Å². The molecule has 1 heterocycles. The summed E-state index contributed by atoms with van der Waals surface area (Å²) in [5.41, 5.74) is 1.21. The van der Waals surface area contributed by atoms with E-state index in [2.05, 4.69) is 22.5 Å². The molecular formula is C20H32N4O3. The van der Waals surface area contributed by atoms with Gasteiger partial charge in [0.1, 0.15) is 11.9 Å². The van der Waals surface area contributed by atoms with E-state index in [0.717, 1.165) is 24.6 Å². The normalized spacial score (nSPS) is 16.6. The van der Waals surface area contributed by atoms with Crippen molar-refractivity contribution in [2.75, 3.05) is 33.3 Å². The second-order valence-corrected chi connectivity index (χ2v) is 6.80. The molecule has 1 unspecified atom stereocenters. The molecule has 0 radical (unpaired) electrons. The van der Waals surface area contributed by atoms with Crippen LogP contribution in [0.15, 0.2) is 29.3 Å². The number of hydrogen-bond acceptors (Lipinski definition) is 4. The molecular weight excluding hydrogens is 344 g/mol. The van der Waals surface area contributed by atoms with Gasteiger partial charge in [-0.15, -0.1) is 0 Å². The lowest BCUT2D eigenvalue weighted by atomic mass is 10.1. The predicted octanol–water partition coefficient (Wildman–Crippen LogP) is 2.55. The number of aryl methyl sites for hydroxylation is 1. The van der Waals surface area contributed by atoms with Crippen molar-refractivity contribution in [2.45, 2.75) is 45.8 Å². The minimum atomic E-state index is -0.222. The van der Waals surface area contributed by atoms with Crippen molar-refractivity contribution in [3.05, 3.63) is 29.8 Å². The maximum atomic E-state index is 11.8. The smallest absolute Gasteiger partial charge is 0.409 e. The molecule has 0 spiro atoms. The highest BCUT2D eigenvalue weighted by Crippen LogP contribution is 2.13. The second-order valence-electron chi connectivity index (χ2n) is 6.80. The Morgan fingerprint density at radius 2 is 1.96 bits per heavy atom. The van der Waals surface area contributed by atoms with Gasteiger partial charge in [0.05, 0.1) is 13.2 Å². The van der Waals surface area contributed by atoms with Crippen molar-refractivity contribution in [2.24, 2.45) is 4.99 Å². The Hall–Kier alpha value is -2.44. The van der Waals surface area contributed by atoms with Crippen LogP contribution in [-0.2, 0) is 4.74 Å². The summed E-state index contributed by atoms with van der Waals surface area (Å²) in [6, 6.07) is 8.33. The van der Waals surface area contributed by atoms with Crippen molar-refractivity contribution in [3.8, 4) is 5.75 Å². The highest BCUT2D eigenvalue weighted by atomic mass is 16.6. The zero-order valence-electron chi connectivity index (χ0n) is 16.8. The van der Waals surface area contributed by atoms with Gasteiger partial charge in [-0.3, -0.25) is 4.99 Å². The van der Waals surface area contributed by atoms with Crippen LogP contribution in [0.5, 0.6) is 5.75 Å². The van der Waals surface area contributed by atoms with Gasteiger partial charge in [-0.1, -0.05) is 17.7 Å². The summed E-state index contributed by atoms with van der Waals surface area (Å²) >= 11 is 0. The van der Waals surface area contributed by atoms with E-state index in [1.54, 1.807) is 11.9 Å². The molecule has 7 nitrogen and oxygen atoms in total. The number of rotatable bonds is 6. The molecule has 0 saturated carbocycles. The number of carbonyl (C=O) groups is 1. The molecule has 7 heteroatoms. The van der Waals surface area contributed by atoms with Crippen molar-refractivity contribution in [1.82, 2.24) is 15.5 Å². The van der Waals surface area contributed by atoms with Crippen LogP contribution in [0.25, 0.3) is 0 Å². The number of aliphatic imine (C=N–C) groups is 1. The van der Waals surface area contributed by atoms with Crippen LogP contribution < -0.4 is 15.4 Å². The second kappa shape index (κ2) is 10.6. The first-order valence-corrected chi connectivity index (χ1v) is 9.64. The minimum absolute atomic E-state index is 0.0110. The number of guanidine groups is 1. The van der Waals surface area contributed by atoms with E-state index >= 15 is 0 Å². The number of amides is 1. The summed E-state index contributed by atoms with van der Waals surface area (Å²) in [4.78, 5) is 17.8. The topological polar surface area (TPSA) is 75.2 Å². The zero-order chi connectivity index (χ0) is 19.6. The molecule has 27 heavy (non-hydrogen) atoms. The quantitative estimate of drug-likeness (QED) is 0.589. The number of piperidine rings is 1. The van der Waals surface area contributed by atoms with E-state index in [4.69, 9.17) is 9.47 Å². The molecule has 1 aromatic carbocycles. The lowest BCUT2D eigenvalue weighted by Crippen LogP contribution is -2.50. The maximum Gasteiger partial charge on any atom is 0.409 e. The van der Waals surface area contributed by atoms with Crippen LogP contribution in [0.4, 0.5) is 4.79 Å². The van der Waals surface area contributed by atoms with Gasteiger partial charge in [-0.25, -0.2) is 4.79 Å². The summed E-state index contributed by atoms with van der Waals surface area (Å²) < 4.78 is 11.0. The summed E-state index contributed by atoms with van der Waals surface area (Å²) in [6.45, 7) is 8.36. The Labute approximate surface area is 162 Å². The number of nitrogens with one attached hydrogen (secondary N) is 2. The highest BCUT2D eigenvalue weighted by Gasteiger charge is 2.24. The third kappa shape index (κ3) is 7.00. The third-order valence-electron chi connectivity index (χ3n) is 4.50. The summed E-state index contributed by atoms with van der Waals surface area (Å²) in [5.74, 6) is 1.62. The van der Waals surface area contributed by atoms with Crippen LogP contribution in [0.1, 0.15) is 32.3 Å². The molecule has 1 fully saturated rings. The van der Waals surface area contributed by atoms with E-state index in [1.807, 2.05) is 38.1 Å². The van der Waals surface area contributed by atoms with Crippen molar-refractivity contribution >= 4 is 12.1 Å². The standard InChI is InChI=1S/C20H32N4O3/c1-5-26-20(25)24-12-10-17(11-13-24)23-19(21-4)22-14-16(3)27-18-8-6-15(2)7-9-18/h6-9,16-17H,5,10-14H2,1-4H3,(H2,21,22,23). The molecule has 0 aliphatic carbocycles. The van der Waals surface area contributed by atoms with Gasteiger partial charge < -0.3 is 25.0 Å². The highest BCUT2D eigenvalue weighted by molar-refractivity contribution is 5.80. The molecule has 1 atom stereocenters. The van der Waals surface area contributed by atoms with Crippen LogP contribution in [0, 0.1) is 6.92 Å². The van der Waals surface area contributed by atoms with Crippen LogP contribution >= 0.6 is 0 Å². The first-order valence-electron chi connectivity index (χ1n) is 9.64. The van der Waals surface area contributed by atoms with Gasteiger partial charge in [0, 0.05) is 26.2 Å². The SMILES string of the molecule is CCOC(=O)N1CCC(NC(=NC)NCC(C)Oc2ccc(C)cc2)CC1. The Balaban J connectivity index is 1.71. The van der Waals surface area contributed by atoms with Gasteiger partial charge in [0.15, 0.2) is 5.96 Å². The Morgan fingerprint density at radius 3 is 2.56 bits per heavy atom. The maximum absolute atomic E-state index is 11.8. The van der Waals surface area contributed by atoms with Crippen molar-refractivity contribution in [1.29, 1.82) is 0 Å². The number of nitrogens with zero attached hydrogens (tertiary/aromatic N) is 2. The number of carbonyl (C=O) groups excluding carboxylic acids is 1. The lowest BCUT2D eigenvalue weighted by molar-refractivity contribution is 0.0963. The van der Waals surface area contributed by atoms with E-state index in [0.29, 0.717) is 26.2 Å². The summed E-state index contributed by atoms with van der Waals surface area (Å²) in [5, 5.41) is 6.74. The largest absolute Gasteiger partial charge is 0.489 e. The summed E-state index contributed by atoms with van der Waals surface area (Å²) in [6.07, 6.45) is 1.53. The van der Waals surface area contributed by atoms with Crippen molar-refractivity contribution < 1.29 is 14.3 Å². The van der Waals surface area contributed by atoms with E-state index in [9.17, 15) is 4.79 Å². The minimum Gasteiger partial charge on any atom is -0.489 e. The average molecular weight is 377 g/mol. The number of ether oxygens (including phenoxy) is 2. The number of likely N-dealkylation sites (tertiary alicyclic amines) is 1. The van der Waals surface area contributed by atoms with Crippen LogP contribution in [-0.4, -0.2) is 62.4 Å². The van der Waals surface area contributed by atoms with Crippen molar-refractivity contribution in [3.63, 3.8) is 0 Å². The van der Waals surface area contributed by atoms with Crippen LogP contribution in [0.2, 0.25) is 0 Å². The molecule has 1 amide bonds. The number of hydrogen-bond donors (Lipinski definition) is 2. The Bertz CT molecular complexity index is 610. The number of benzene rings is 1. The zero-order valence-corrected chi connectivity index (χ0v) is 16.8. The van der Waals surface area contributed by atoms with Gasteiger partial charge >= 0.3 is 6.09 Å². The average Bonchev–Trinajstić information content (AvgIpc) is 2.67. The predicted molar refractivity (Wildman–Crippen MR) is 107 cm³/mol. The van der Waals surface area contributed by atoms with Gasteiger partial charge in [-0.2, -0.15) is 0 Å². The first-order chi connectivity index (χ1) is 13.0. The van der Waals surface area contributed by atoms with E-state index < -0.39 is 0 Å². The molecule has 1 aliphatic heterocycles. The molecule has 2 rings (SSSR count). The fourth-order valence-corrected chi connectivity index (χ4v) is 2.94. The lowest BCUT2D eigenvalue weighted by Gasteiger charge is -2.32. The molecule has 1 aliphatic rings.